The predicted octanol–water partition coefficient (Wildman–Crippen LogP) is -4.87. The summed E-state index contributed by atoms with van der Waals surface area (Å²) in [4.78, 5) is 57.0. The molecule has 19 N–H and O–H groups in total. The van der Waals surface area contributed by atoms with Crippen molar-refractivity contribution in [2.45, 2.75) is 303 Å². The van der Waals surface area contributed by atoms with Crippen molar-refractivity contribution in [1.82, 2.24) is 0 Å². The molecule has 1 aromatic rings. The minimum absolute atomic E-state index is 0.0255. The van der Waals surface area contributed by atoms with E-state index in [1.807, 2.05) is 33.8 Å². The van der Waals surface area contributed by atoms with Crippen molar-refractivity contribution < 1.29 is 187 Å². The number of aliphatic hydroxyl groups excluding tert-OH is 18. The fourth-order valence-corrected chi connectivity index (χ4v) is 20.9. The van der Waals surface area contributed by atoms with Crippen LogP contribution in [0.25, 0.3) is 6.08 Å². The van der Waals surface area contributed by atoms with Crippen molar-refractivity contribution in [3.05, 3.63) is 47.6 Å². The summed E-state index contributed by atoms with van der Waals surface area (Å²) in [7, 11) is 1.45. The Morgan fingerprint density at radius 3 is 1.72 bits per heavy atom. The maximum Gasteiger partial charge on any atom is 0.331 e. The lowest BCUT2D eigenvalue weighted by molar-refractivity contribution is -0.398. The molecule has 10 fully saturated rings. The monoisotopic (exact) mass is 1650 g/mol. The molecule has 6 heterocycles. The van der Waals surface area contributed by atoms with Gasteiger partial charge in [-0.1, -0.05) is 51.5 Å². The first kappa shape index (κ1) is 89.5. The third kappa shape index (κ3) is 16.1. The van der Waals surface area contributed by atoms with E-state index in [0.29, 0.717) is 16.9 Å². The van der Waals surface area contributed by atoms with Crippen LogP contribution in [0.3, 0.4) is 0 Å². The van der Waals surface area contributed by atoms with E-state index in [9.17, 15) is 111 Å². The van der Waals surface area contributed by atoms with Gasteiger partial charge < -0.3 is 168 Å². The molecule has 6 aliphatic heterocycles. The second-order valence-electron chi connectivity index (χ2n) is 34.5. The Bertz CT molecular complexity index is 3610. The van der Waals surface area contributed by atoms with E-state index in [0.717, 1.165) is 13.0 Å². The zero-order valence-electron chi connectivity index (χ0n) is 65.2. The standard InChI is InChI=1S/C77H114O38/c1-30-58(110-64-53(93)46(86)38(83)27-103-64)52(92)56(96)65(104-30)113-62-61(112-68-57(97)60(49(89)40(26-79)107-68)111-66-54(94)51(91)48(88)41(108-66)28-102-32(3)81)59(109-45(85)17-12-33-10-13-34(101-9)14-11-33)31(2)105-69(62)115-71(100)77-21-20-76(29-80)35(36(77)22-72(4,5)24-44(77)84)15-16-42-73(6)23-37(82)63(75(8,70(98)99)43(73)18-19-74(42,76)7)114-67-55(95)50(90)47(87)39(25-78)106-67/h10-15,17,30-31,36-44,46-69,78-80,82-84,86-97H,16,18-29H2,1-9H3,(H,98,99). The number of rotatable bonds is 22. The topological polar surface area (TPSA) is 591 Å². The lowest BCUT2D eigenvalue weighted by atomic mass is 9.33. The van der Waals surface area contributed by atoms with Gasteiger partial charge >= 0.3 is 23.9 Å². The lowest BCUT2D eigenvalue weighted by Gasteiger charge is -2.71. The Balaban J connectivity index is 0.919. The molecule has 4 saturated carbocycles. The highest BCUT2D eigenvalue weighted by Gasteiger charge is 2.75. The van der Waals surface area contributed by atoms with Gasteiger partial charge in [-0.3, -0.25) is 14.4 Å². The molecule has 40 unspecified atom stereocenters. The van der Waals surface area contributed by atoms with Gasteiger partial charge in [-0.05, 0) is 130 Å². The molecule has 0 amide bonds. The number of esters is 3. The Labute approximate surface area is 661 Å². The Morgan fingerprint density at radius 1 is 0.539 bits per heavy atom. The normalized spacial score (nSPS) is 49.1. The number of aliphatic carboxylic acids is 1. The van der Waals surface area contributed by atoms with Crippen LogP contribution in [0.4, 0.5) is 0 Å². The third-order valence-electron chi connectivity index (χ3n) is 27.2. The van der Waals surface area contributed by atoms with E-state index in [2.05, 4.69) is 0 Å². The summed E-state index contributed by atoms with van der Waals surface area (Å²) in [5.41, 5.74) is -7.03. The summed E-state index contributed by atoms with van der Waals surface area (Å²) in [5, 5.41) is 216. The van der Waals surface area contributed by atoms with Gasteiger partial charge in [0.05, 0.1) is 63.4 Å². The van der Waals surface area contributed by atoms with Gasteiger partial charge in [0.1, 0.15) is 140 Å². The molecule has 11 aliphatic rings. The quantitative estimate of drug-likeness (QED) is 0.0170. The average Bonchev–Trinajstić information content (AvgIpc) is 0.683. The Hall–Kier alpha value is -4.78. The molecule has 40 atom stereocenters. The zero-order valence-corrected chi connectivity index (χ0v) is 65.2. The highest BCUT2D eigenvalue weighted by Crippen LogP contribution is 2.76. The minimum Gasteiger partial charge on any atom is -0.497 e. The van der Waals surface area contributed by atoms with Gasteiger partial charge in [0.2, 0.25) is 6.29 Å². The van der Waals surface area contributed by atoms with E-state index >= 15 is 4.79 Å². The lowest BCUT2D eigenvalue weighted by Crippen LogP contribution is -2.71. The number of hydrogen-bond donors (Lipinski definition) is 19. The number of carboxylic acid groups (broad SMARTS) is 1. The number of carbonyl (C=O) groups is 4. The summed E-state index contributed by atoms with van der Waals surface area (Å²) in [6.07, 6.45) is -55.9. The van der Waals surface area contributed by atoms with Crippen LogP contribution in [0.5, 0.6) is 5.75 Å². The molecule has 12 rings (SSSR count). The van der Waals surface area contributed by atoms with Gasteiger partial charge in [0.25, 0.3) is 0 Å². The number of benzene rings is 1. The molecule has 6 saturated heterocycles. The van der Waals surface area contributed by atoms with Crippen LogP contribution in [0.15, 0.2) is 42.0 Å². The molecular formula is C77H114O38. The molecule has 115 heavy (non-hydrogen) atoms. The van der Waals surface area contributed by atoms with Gasteiger partial charge in [0.15, 0.2) is 43.7 Å². The first-order chi connectivity index (χ1) is 54.1. The maximum absolute atomic E-state index is 16.6. The van der Waals surface area contributed by atoms with Crippen LogP contribution in [-0.2, 0) is 85.5 Å². The number of methoxy groups -OCH3 is 1. The summed E-state index contributed by atoms with van der Waals surface area (Å²) in [6, 6.07) is 6.44. The maximum atomic E-state index is 16.6. The molecule has 1 aromatic carbocycles. The van der Waals surface area contributed by atoms with Crippen LogP contribution >= 0.6 is 0 Å². The summed E-state index contributed by atoms with van der Waals surface area (Å²) in [5.74, 6) is -6.34. The molecule has 0 bridgehead atoms. The molecule has 38 nitrogen and oxygen atoms in total. The number of carbonyl (C=O) groups excluding carboxylic acids is 3. The van der Waals surface area contributed by atoms with E-state index < -0.39 is 304 Å². The van der Waals surface area contributed by atoms with E-state index in [-0.39, 0.29) is 51.4 Å². The number of hydrogen-bond acceptors (Lipinski definition) is 37. The number of allylic oxidation sites excluding steroid dienone is 1. The highest BCUT2D eigenvalue weighted by molar-refractivity contribution is 5.87. The molecule has 0 aromatic heterocycles. The summed E-state index contributed by atoms with van der Waals surface area (Å²) >= 11 is 0. The third-order valence-corrected chi connectivity index (χ3v) is 27.2. The van der Waals surface area contributed by atoms with Gasteiger partial charge in [-0.15, -0.1) is 0 Å². The molecule has 5 aliphatic carbocycles. The van der Waals surface area contributed by atoms with Crippen molar-refractivity contribution >= 4 is 30.0 Å². The molecule has 0 spiro atoms. The molecule has 38 heteroatoms. The first-order valence-electron chi connectivity index (χ1n) is 39.1. The second-order valence-corrected chi connectivity index (χ2v) is 34.5. The van der Waals surface area contributed by atoms with E-state index in [1.54, 1.807) is 24.3 Å². The van der Waals surface area contributed by atoms with Crippen molar-refractivity contribution in [3.63, 3.8) is 0 Å². The van der Waals surface area contributed by atoms with Crippen molar-refractivity contribution in [1.29, 1.82) is 0 Å². The van der Waals surface area contributed by atoms with Crippen molar-refractivity contribution in [2.24, 2.45) is 50.2 Å². The molecular weight excluding hydrogens is 1530 g/mol. The van der Waals surface area contributed by atoms with Gasteiger partial charge in [-0.2, -0.15) is 0 Å². The highest BCUT2D eigenvalue weighted by atomic mass is 16.8. The van der Waals surface area contributed by atoms with Crippen LogP contribution in [0, 0.1) is 50.2 Å². The van der Waals surface area contributed by atoms with Crippen LogP contribution in [0.2, 0.25) is 0 Å². The Morgan fingerprint density at radius 2 is 1.10 bits per heavy atom. The first-order valence-corrected chi connectivity index (χ1v) is 39.1. The van der Waals surface area contributed by atoms with Crippen LogP contribution in [0.1, 0.15) is 112 Å². The van der Waals surface area contributed by atoms with Crippen molar-refractivity contribution in [3.8, 4) is 5.75 Å². The smallest absolute Gasteiger partial charge is 0.331 e. The second kappa shape index (κ2) is 34.6. The van der Waals surface area contributed by atoms with Gasteiger partial charge in [0, 0.05) is 18.4 Å². The molecule has 650 valence electrons. The SMILES string of the molecule is COc1ccc(C=CC(=O)OC2C(C)OC(OC(=O)C34CCC5(CO)C(=CCC6C7(C)CC(O)C(OC8OC(CO)C(O)C(O)C8O)C(C)(C(=O)O)C7CCC65C)C3CC(C)(C)CC4O)C(OC3OC(C)C(OC4OCC(O)C(O)C4O)C(O)C3O)C2OC2OC(CO)C(O)C(OC3OC(COC(C)=O)C(O)C(O)C3O)C2O)cc1. The van der Waals surface area contributed by atoms with Crippen LogP contribution in [-0.4, -0.2) is 357 Å². The number of ether oxygens (including phenoxy) is 15. The average molecular weight is 1650 g/mol. The molecule has 0 radical (unpaired) electrons. The summed E-state index contributed by atoms with van der Waals surface area (Å²) in [6.45, 7) is 9.13. The minimum atomic E-state index is -2.35. The Kier molecular flexibility index (Phi) is 26.9. The number of carboxylic acids is 1. The predicted molar refractivity (Wildman–Crippen MR) is 381 cm³/mol. The number of fused-ring (bicyclic) bond motifs is 7. The van der Waals surface area contributed by atoms with Crippen molar-refractivity contribution in [2.75, 3.05) is 40.1 Å². The fourth-order valence-electron chi connectivity index (χ4n) is 20.9. The van der Waals surface area contributed by atoms with Gasteiger partial charge in [-0.25, -0.2) is 4.79 Å². The van der Waals surface area contributed by atoms with E-state index in [4.69, 9.17) is 71.1 Å². The zero-order chi connectivity index (χ0) is 84.0. The van der Waals surface area contributed by atoms with E-state index in [1.165, 1.54) is 34.0 Å². The fraction of sp³-hybridized carbons (Fsp3) is 0.818. The van der Waals surface area contributed by atoms with Crippen LogP contribution < -0.4 is 4.74 Å². The number of aliphatic hydroxyl groups is 18. The summed E-state index contributed by atoms with van der Waals surface area (Å²) < 4.78 is 90.7. The largest absolute Gasteiger partial charge is 0.497 e.